The number of hydrogen-bond donors (Lipinski definition) is 1. The van der Waals surface area contributed by atoms with E-state index in [1.165, 1.54) is 23.3 Å². The van der Waals surface area contributed by atoms with Crippen molar-refractivity contribution in [2.24, 2.45) is 5.92 Å². The lowest BCUT2D eigenvalue weighted by molar-refractivity contribution is -0.191. The molecule has 4 atom stereocenters. The summed E-state index contributed by atoms with van der Waals surface area (Å²) in [6.07, 6.45) is 3.77. The summed E-state index contributed by atoms with van der Waals surface area (Å²) in [5, 5.41) is 0. The Bertz CT molecular complexity index is 959. The predicted molar refractivity (Wildman–Crippen MR) is 102 cm³/mol. The lowest BCUT2D eigenvalue weighted by Gasteiger charge is -2.20. The second kappa shape index (κ2) is 9.84. The molecule has 0 saturated heterocycles. The van der Waals surface area contributed by atoms with E-state index in [9.17, 15) is 8.96 Å². The SMILES string of the molecule is CC[C@H](C)C[P@](C)(=O)COC1C=C(F)[C@H](n2cnc3c(N)ncnc32)O1.O=C=O. The fourth-order valence-electron chi connectivity index (χ4n) is 2.84. The lowest BCUT2D eigenvalue weighted by atomic mass is 10.2. The zero-order valence-corrected chi connectivity index (χ0v) is 17.2. The molecule has 2 aromatic heterocycles. The van der Waals surface area contributed by atoms with Gasteiger partial charge in [-0.25, -0.2) is 19.3 Å². The molecule has 1 aliphatic rings. The monoisotopic (exact) mass is 427 g/mol. The van der Waals surface area contributed by atoms with Crippen molar-refractivity contribution in [2.75, 3.05) is 24.9 Å². The zero-order valence-electron chi connectivity index (χ0n) is 16.3. The molecule has 0 aromatic carbocycles. The van der Waals surface area contributed by atoms with Gasteiger partial charge >= 0.3 is 6.15 Å². The number of imidazole rings is 1. The van der Waals surface area contributed by atoms with E-state index >= 15 is 0 Å². The van der Waals surface area contributed by atoms with Gasteiger partial charge in [0.25, 0.3) is 0 Å². The summed E-state index contributed by atoms with van der Waals surface area (Å²) in [7, 11) is -2.47. The fraction of sp³-hybridized carbons (Fsp3) is 0.529. The first-order chi connectivity index (χ1) is 13.7. The van der Waals surface area contributed by atoms with Crippen LogP contribution >= 0.6 is 7.14 Å². The van der Waals surface area contributed by atoms with Gasteiger partial charge in [0.2, 0.25) is 0 Å². The number of carbonyl (C=O) groups excluding carboxylic acids is 2. The first-order valence-electron chi connectivity index (χ1n) is 8.84. The number of anilines is 1. The van der Waals surface area contributed by atoms with Crippen LogP contribution in [0.3, 0.4) is 0 Å². The van der Waals surface area contributed by atoms with Crippen molar-refractivity contribution in [3.05, 3.63) is 24.6 Å². The normalized spacial score (nSPS) is 21.6. The van der Waals surface area contributed by atoms with Crippen LogP contribution < -0.4 is 5.73 Å². The van der Waals surface area contributed by atoms with E-state index in [1.54, 1.807) is 6.66 Å². The maximum Gasteiger partial charge on any atom is 0.373 e. The average Bonchev–Trinajstić information content (AvgIpc) is 3.24. The molecule has 3 heterocycles. The molecule has 1 unspecified atom stereocenters. The standard InChI is InChI=1S/C16H23FN5O3P.CO2/c1-4-10(2)6-26(3,23)9-24-12-5-11(17)16(25-12)22-8-21-13-14(18)19-7-20-15(13)22;2-1-3/h5,7-8,10,12,16H,4,6,9H2,1-3H3,(H2,18,19,20);/t10-,12?,16+,26-;/m0./s1. The third kappa shape index (κ3) is 5.77. The van der Waals surface area contributed by atoms with Gasteiger partial charge in [0.1, 0.15) is 25.3 Å². The van der Waals surface area contributed by atoms with E-state index in [0.717, 1.165) is 6.42 Å². The van der Waals surface area contributed by atoms with Crippen molar-refractivity contribution in [3.63, 3.8) is 0 Å². The first kappa shape index (κ1) is 22.8. The van der Waals surface area contributed by atoms with Gasteiger partial charge in [-0.3, -0.25) is 4.57 Å². The maximum atomic E-state index is 14.4. The number of nitrogens with two attached hydrogens (primary N) is 1. The molecule has 12 heteroatoms. The second-order valence-corrected chi connectivity index (χ2v) is 10.1. The van der Waals surface area contributed by atoms with Gasteiger partial charge in [-0.05, 0) is 12.6 Å². The Morgan fingerprint density at radius 1 is 1.41 bits per heavy atom. The molecule has 2 N–H and O–H groups in total. The van der Waals surface area contributed by atoms with Gasteiger partial charge in [0.05, 0.1) is 6.33 Å². The Kier molecular flexibility index (Phi) is 7.75. The van der Waals surface area contributed by atoms with Crippen LogP contribution in [0.5, 0.6) is 0 Å². The minimum absolute atomic E-state index is 0.0400. The van der Waals surface area contributed by atoms with Crippen LogP contribution in [0.25, 0.3) is 11.2 Å². The number of ether oxygens (including phenoxy) is 2. The lowest BCUT2D eigenvalue weighted by Crippen LogP contribution is -2.17. The summed E-state index contributed by atoms with van der Waals surface area (Å²) in [5.74, 6) is 0.0293. The van der Waals surface area contributed by atoms with Gasteiger partial charge in [-0.15, -0.1) is 0 Å². The minimum atomic E-state index is -2.47. The van der Waals surface area contributed by atoms with Gasteiger partial charge in [0, 0.05) is 12.2 Å². The summed E-state index contributed by atoms with van der Waals surface area (Å²) >= 11 is 0. The van der Waals surface area contributed by atoms with Gasteiger partial charge in [-0.1, -0.05) is 20.3 Å². The highest BCUT2D eigenvalue weighted by atomic mass is 31.2. The van der Waals surface area contributed by atoms with Crippen LogP contribution in [0.4, 0.5) is 10.2 Å². The number of aromatic nitrogens is 4. The van der Waals surface area contributed by atoms with Crippen molar-refractivity contribution >= 4 is 30.3 Å². The molecule has 0 fully saturated rings. The molecule has 3 rings (SSSR count). The Labute approximate surface area is 166 Å². The second-order valence-electron chi connectivity index (χ2n) is 6.86. The molecule has 0 spiro atoms. The topological polar surface area (TPSA) is 139 Å². The molecule has 0 bridgehead atoms. The highest BCUT2D eigenvalue weighted by Gasteiger charge is 2.32. The summed E-state index contributed by atoms with van der Waals surface area (Å²) in [4.78, 5) is 28.3. The van der Waals surface area contributed by atoms with Crippen molar-refractivity contribution in [2.45, 2.75) is 32.8 Å². The Hall–Kier alpha value is -2.45. The molecule has 158 valence electrons. The van der Waals surface area contributed by atoms with Crippen LogP contribution in [0, 0.1) is 5.92 Å². The van der Waals surface area contributed by atoms with Gasteiger partial charge in [0.15, 0.2) is 29.8 Å². The van der Waals surface area contributed by atoms with Crippen LogP contribution in [0.15, 0.2) is 24.6 Å². The smallest absolute Gasteiger partial charge is 0.373 e. The van der Waals surface area contributed by atoms with Crippen molar-refractivity contribution < 1.29 is 28.0 Å². The highest BCUT2D eigenvalue weighted by molar-refractivity contribution is 7.62. The van der Waals surface area contributed by atoms with Gasteiger partial charge < -0.3 is 19.8 Å². The Morgan fingerprint density at radius 3 is 2.76 bits per heavy atom. The Morgan fingerprint density at radius 2 is 2.10 bits per heavy atom. The quantitative estimate of drug-likeness (QED) is 0.660. The molecular formula is C17H23FN5O5P. The third-order valence-corrected chi connectivity index (χ3v) is 6.43. The molecule has 0 amide bonds. The first-order valence-corrected chi connectivity index (χ1v) is 11.4. The number of hydrogen-bond acceptors (Lipinski definition) is 9. The summed E-state index contributed by atoms with van der Waals surface area (Å²) < 4.78 is 39.6. The van der Waals surface area contributed by atoms with E-state index in [2.05, 4.69) is 28.8 Å². The molecule has 0 saturated carbocycles. The summed E-state index contributed by atoms with van der Waals surface area (Å²) in [5.41, 5.74) is 6.49. The largest absolute Gasteiger partial charge is 0.382 e. The summed E-state index contributed by atoms with van der Waals surface area (Å²) in [6.45, 7) is 5.81. The van der Waals surface area contributed by atoms with E-state index in [-0.39, 0.29) is 18.3 Å². The number of halogens is 1. The van der Waals surface area contributed by atoms with E-state index in [0.29, 0.717) is 23.2 Å². The van der Waals surface area contributed by atoms with E-state index in [1.807, 2.05) is 0 Å². The third-order valence-electron chi connectivity index (χ3n) is 4.34. The number of rotatable bonds is 7. The predicted octanol–water partition coefficient (Wildman–Crippen LogP) is 2.55. The van der Waals surface area contributed by atoms with Crippen LogP contribution in [-0.4, -0.2) is 51.1 Å². The fourth-order valence-corrected chi connectivity index (χ4v) is 4.99. The van der Waals surface area contributed by atoms with Crippen LogP contribution in [-0.2, 0) is 23.6 Å². The zero-order chi connectivity index (χ0) is 21.6. The molecule has 2 aromatic rings. The summed E-state index contributed by atoms with van der Waals surface area (Å²) in [6, 6.07) is 0. The highest BCUT2D eigenvalue weighted by Crippen LogP contribution is 2.44. The van der Waals surface area contributed by atoms with Crippen molar-refractivity contribution in [1.29, 1.82) is 0 Å². The molecule has 0 aliphatic carbocycles. The minimum Gasteiger partial charge on any atom is -0.382 e. The number of nitrogens with zero attached hydrogens (tertiary/aromatic N) is 4. The molecule has 29 heavy (non-hydrogen) atoms. The molecular weight excluding hydrogens is 404 g/mol. The van der Waals surface area contributed by atoms with E-state index in [4.69, 9.17) is 24.8 Å². The van der Waals surface area contributed by atoms with Crippen molar-refractivity contribution in [3.8, 4) is 0 Å². The molecule has 0 radical (unpaired) electrons. The van der Waals surface area contributed by atoms with Crippen LogP contribution in [0.2, 0.25) is 0 Å². The molecule has 1 aliphatic heterocycles. The van der Waals surface area contributed by atoms with Crippen LogP contribution in [0.1, 0.15) is 26.5 Å². The van der Waals surface area contributed by atoms with E-state index < -0.39 is 25.5 Å². The van der Waals surface area contributed by atoms with Crippen molar-refractivity contribution in [1.82, 2.24) is 19.5 Å². The Balaban J connectivity index is 0.000000941. The van der Waals surface area contributed by atoms with Gasteiger partial charge in [-0.2, -0.15) is 9.59 Å². The maximum absolute atomic E-state index is 14.4. The average molecular weight is 427 g/mol. The number of fused-ring (bicyclic) bond motifs is 1. The molecule has 10 nitrogen and oxygen atoms in total. The number of nitrogen functional groups attached to an aromatic ring is 1.